The molecule has 0 radical (unpaired) electrons. The summed E-state index contributed by atoms with van der Waals surface area (Å²) in [6.45, 7) is 3.13. The quantitative estimate of drug-likeness (QED) is 0.165. The van der Waals surface area contributed by atoms with E-state index in [1.807, 2.05) is 78.3 Å². The summed E-state index contributed by atoms with van der Waals surface area (Å²) in [5, 5.41) is 18.2. The molecular weight excluding hydrogens is 661 g/mol. The normalized spacial score (nSPS) is 12.9. The first-order valence-electron chi connectivity index (χ1n) is 16.8. The van der Waals surface area contributed by atoms with Crippen LogP contribution in [0.1, 0.15) is 50.3 Å². The van der Waals surface area contributed by atoms with Crippen molar-refractivity contribution < 1.29 is 9.53 Å². The molecule has 0 saturated heterocycles. The summed E-state index contributed by atoms with van der Waals surface area (Å²) in [7, 11) is 3.49. The molecule has 0 bridgehead atoms. The number of ether oxygens (including phenoxy) is 1. The van der Waals surface area contributed by atoms with Crippen molar-refractivity contribution in [1.29, 1.82) is 0 Å². The van der Waals surface area contributed by atoms with Gasteiger partial charge in [-0.15, -0.1) is 16.4 Å². The molecule has 3 aromatic carbocycles. The highest BCUT2D eigenvalue weighted by molar-refractivity contribution is 7.18. The van der Waals surface area contributed by atoms with E-state index in [4.69, 9.17) is 14.8 Å². The maximum Gasteiger partial charge on any atom is 0.318 e. The molecule has 4 aromatic heterocycles. The monoisotopic (exact) mass is 696 g/mol. The number of amides is 1. The lowest BCUT2D eigenvalue weighted by Crippen LogP contribution is -2.31. The van der Waals surface area contributed by atoms with Crippen molar-refractivity contribution >= 4 is 39.0 Å². The Hall–Kier alpha value is -5.95. The fraction of sp³-hybridized carbons (Fsp3) is 0.237. The van der Waals surface area contributed by atoms with Crippen molar-refractivity contribution in [3.8, 4) is 17.3 Å². The van der Waals surface area contributed by atoms with Gasteiger partial charge in [0.05, 0.1) is 53.1 Å². The van der Waals surface area contributed by atoms with Crippen LogP contribution in [0.15, 0.2) is 91.3 Å². The average molecular weight is 697 g/mol. The van der Waals surface area contributed by atoms with Gasteiger partial charge in [0.2, 0.25) is 0 Å². The molecule has 7 aromatic rings. The molecule has 0 saturated carbocycles. The molecule has 1 atom stereocenters. The lowest BCUT2D eigenvalue weighted by molar-refractivity contribution is 0.0934. The first-order chi connectivity index (χ1) is 24.9. The molecule has 1 aliphatic heterocycles. The van der Waals surface area contributed by atoms with E-state index in [0.29, 0.717) is 36.1 Å². The highest BCUT2D eigenvalue weighted by atomic mass is 32.1. The van der Waals surface area contributed by atoms with Crippen molar-refractivity contribution in [3.05, 3.63) is 124 Å². The van der Waals surface area contributed by atoms with E-state index in [1.54, 1.807) is 29.3 Å². The van der Waals surface area contributed by atoms with Crippen molar-refractivity contribution in [1.82, 2.24) is 45.0 Å². The Kier molecular flexibility index (Phi) is 8.70. The molecule has 1 unspecified atom stereocenters. The molecule has 256 valence electrons. The van der Waals surface area contributed by atoms with E-state index in [2.05, 4.69) is 55.9 Å². The minimum atomic E-state index is -0.308. The van der Waals surface area contributed by atoms with Gasteiger partial charge in [0.1, 0.15) is 16.5 Å². The Balaban J connectivity index is 1.07. The molecule has 51 heavy (non-hydrogen) atoms. The predicted molar refractivity (Wildman–Crippen MR) is 196 cm³/mol. The number of benzene rings is 3. The second-order valence-electron chi connectivity index (χ2n) is 12.6. The number of carbonyl (C=O) groups is 1. The number of methoxy groups -OCH3 is 1. The summed E-state index contributed by atoms with van der Waals surface area (Å²) in [4.78, 5) is 29.8. The fourth-order valence-corrected chi connectivity index (χ4v) is 7.59. The maximum atomic E-state index is 14.3. The standard InChI is InChI=1S/C38H36N10O2S/c1-24-15-16-26(46(2)34-17-18-39-38(42-34)50-3)21-27(24)30-22-47(45-43-30)23-31-35(32-13-9-19-48(32)44-31)36(49)40-29(20-25-10-5-4-6-11-25)37-41-28-12-7-8-14-33(28)51-37/h4-8,10-12,14-18,21-22,29H,9,13,19-20,23H2,1-3H3,(H,40,49). The fourth-order valence-electron chi connectivity index (χ4n) is 6.58. The number of thiazole rings is 1. The van der Waals surface area contributed by atoms with E-state index in [0.717, 1.165) is 68.4 Å². The molecule has 0 aliphatic carbocycles. The maximum absolute atomic E-state index is 14.3. The van der Waals surface area contributed by atoms with E-state index in [9.17, 15) is 4.79 Å². The second kappa shape index (κ2) is 13.8. The van der Waals surface area contributed by atoms with Crippen LogP contribution in [-0.4, -0.2) is 59.8 Å². The van der Waals surface area contributed by atoms with Crippen LogP contribution in [0.2, 0.25) is 0 Å². The summed E-state index contributed by atoms with van der Waals surface area (Å²) in [6, 6.07) is 26.3. The molecule has 8 rings (SSSR count). The molecule has 12 nitrogen and oxygen atoms in total. The highest BCUT2D eigenvalue weighted by Gasteiger charge is 2.29. The average Bonchev–Trinajstić information content (AvgIpc) is 3.96. The van der Waals surface area contributed by atoms with Crippen molar-refractivity contribution in [2.75, 3.05) is 19.1 Å². The van der Waals surface area contributed by atoms with Gasteiger partial charge in [-0.2, -0.15) is 10.1 Å². The molecule has 0 fully saturated rings. The molecule has 0 spiro atoms. The van der Waals surface area contributed by atoms with Gasteiger partial charge in [0.25, 0.3) is 5.91 Å². The van der Waals surface area contributed by atoms with Crippen molar-refractivity contribution in [2.45, 2.75) is 45.3 Å². The van der Waals surface area contributed by atoms with Crippen molar-refractivity contribution in [2.24, 2.45) is 0 Å². The number of para-hydroxylation sites is 1. The zero-order valence-electron chi connectivity index (χ0n) is 28.5. The number of hydrogen-bond acceptors (Lipinski definition) is 10. The first-order valence-corrected chi connectivity index (χ1v) is 17.7. The number of nitrogens with zero attached hydrogens (tertiary/aromatic N) is 9. The number of rotatable bonds is 11. The number of nitrogens with one attached hydrogen (secondary N) is 1. The number of aryl methyl sites for hydroxylation is 2. The summed E-state index contributed by atoms with van der Waals surface area (Å²) >= 11 is 1.62. The van der Waals surface area contributed by atoms with Gasteiger partial charge >= 0.3 is 6.01 Å². The molecule has 1 aliphatic rings. The van der Waals surface area contributed by atoms with Crippen LogP contribution in [-0.2, 0) is 25.9 Å². The first kappa shape index (κ1) is 32.3. The van der Waals surface area contributed by atoms with Gasteiger partial charge in [-0.25, -0.2) is 14.6 Å². The van der Waals surface area contributed by atoms with Crippen LogP contribution in [0.4, 0.5) is 11.5 Å². The summed E-state index contributed by atoms with van der Waals surface area (Å²) < 4.78 is 10.0. The number of aromatic nitrogens is 8. The SMILES string of the molecule is COc1nccc(N(C)c2ccc(C)c(-c3cn(Cc4nn5c(c4C(=O)NC(Cc4ccccc4)c4nc6ccccc6s4)CCC5)nn3)c2)n1. The molecule has 13 heteroatoms. The highest BCUT2D eigenvalue weighted by Crippen LogP contribution is 2.32. The number of hydrogen-bond donors (Lipinski definition) is 1. The van der Waals surface area contributed by atoms with E-state index >= 15 is 0 Å². The number of carbonyl (C=O) groups excluding carboxylic acids is 1. The zero-order valence-corrected chi connectivity index (χ0v) is 29.3. The summed E-state index contributed by atoms with van der Waals surface area (Å²) in [5.74, 6) is 0.551. The van der Waals surface area contributed by atoms with Crippen LogP contribution >= 0.6 is 11.3 Å². The summed E-state index contributed by atoms with van der Waals surface area (Å²) in [5.41, 5.74) is 7.94. The van der Waals surface area contributed by atoms with Gasteiger partial charge < -0.3 is 15.0 Å². The van der Waals surface area contributed by atoms with Crippen LogP contribution in [0.25, 0.3) is 21.5 Å². The minimum Gasteiger partial charge on any atom is -0.467 e. The summed E-state index contributed by atoms with van der Waals surface area (Å²) in [6.07, 6.45) is 5.94. The van der Waals surface area contributed by atoms with Gasteiger partial charge in [-0.3, -0.25) is 9.48 Å². The Morgan fingerprint density at radius 2 is 1.90 bits per heavy atom. The van der Waals surface area contributed by atoms with E-state index in [1.165, 1.54) is 0 Å². The number of fused-ring (bicyclic) bond motifs is 2. The topological polar surface area (TPSA) is 129 Å². The Morgan fingerprint density at radius 3 is 2.75 bits per heavy atom. The number of anilines is 2. The van der Waals surface area contributed by atoms with Gasteiger partial charge in [0.15, 0.2) is 0 Å². The third-order valence-corrected chi connectivity index (χ3v) is 10.4. The Bertz CT molecular complexity index is 2310. The molecular formula is C38H36N10O2S. The van der Waals surface area contributed by atoms with Gasteiger partial charge in [-0.05, 0) is 67.6 Å². The molecule has 1 N–H and O–H groups in total. The Morgan fingerprint density at radius 1 is 1.06 bits per heavy atom. The van der Waals surface area contributed by atoms with Crippen molar-refractivity contribution in [3.63, 3.8) is 0 Å². The van der Waals surface area contributed by atoms with Crippen LogP contribution in [0.5, 0.6) is 6.01 Å². The lowest BCUT2D eigenvalue weighted by Gasteiger charge is -2.19. The van der Waals surface area contributed by atoms with Crippen LogP contribution in [0.3, 0.4) is 0 Å². The largest absolute Gasteiger partial charge is 0.467 e. The zero-order chi connectivity index (χ0) is 34.9. The Labute approximate surface area is 298 Å². The van der Waals surface area contributed by atoms with Gasteiger partial charge in [0, 0.05) is 31.0 Å². The third kappa shape index (κ3) is 6.55. The van der Waals surface area contributed by atoms with Gasteiger partial charge in [-0.1, -0.05) is 53.7 Å². The third-order valence-electron chi connectivity index (χ3n) is 9.22. The van der Waals surface area contributed by atoms with Crippen LogP contribution in [0, 0.1) is 6.92 Å². The molecule has 1 amide bonds. The lowest BCUT2D eigenvalue weighted by atomic mass is 10.0. The smallest absolute Gasteiger partial charge is 0.318 e. The van der Waals surface area contributed by atoms with E-state index < -0.39 is 0 Å². The minimum absolute atomic E-state index is 0.151. The van der Waals surface area contributed by atoms with E-state index in [-0.39, 0.29) is 11.9 Å². The molecule has 5 heterocycles. The van der Waals surface area contributed by atoms with Crippen LogP contribution < -0.4 is 15.0 Å². The second-order valence-corrected chi connectivity index (χ2v) is 13.7. The predicted octanol–water partition coefficient (Wildman–Crippen LogP) is 6.33.